The highest BCUT2D eigenvalue weighted by atomic mass is 16.3. The van der Waals surface area contributed by atoms with E-state index in [0.717, 1.165) is 18.5 Å². The number of aromatic nitrogens is 2. The molecule has 2 amide bonds. The van der Waals surface area contributed by atoms with Crippen molar-refractivity contribution in [2.24, 2.45) is 0 Å². The van der Waals surface area contributed by atoms with E-state index in [1.54, 1.807) is 15.8 Å². The molecule has 1 atom stereocenters. The zero-order valence-electron chi connectivity index (χ0n) is 11.6. The first-order valence-corrected chi connectivity index (χ1v) is 7.06. The topological polar surface area (TPSA) is 70.4 Å². The Labute approximate surface area is 123 Å². The molecule has 1 unspecified atom stereocenters. The lowest BCUT2D eigenvalue weighted by atomic mass is 10.1. The number of anilines is 1. The average molecular weight is 286 g/mol. The molecule has 1 fully saturated rings. The van der Waals surface area contributed by atoms with E-state index in [9.17, 15) is 9.90 Å². The maximum Gasteiger partial charge on any atom is 0.321 e. The molecule has 2 N–H and O–H groups in total. The zero-order chi connectivity index (χ0) is 14.7. The van der Waals surface area contributed by atoms with Crippen LogP contribution in [0.15, 0.2) is 42.7 Å². The third kappa shape index (κ3) is 3.22. The number of nitrogens with one attached hydrogen (secondary N) is 1. The van der Waals surface area contributed by atoms with Crippen molar-refractivity contribution in [2.45, 2.75) is 18.9 Å². The normalized spacial score (nSPS) is 18.5. The summed E-state index contributed by atoms with van der Waals surface area (Å²) in [6.45, 7) is 1.08. The molecular formula is C15H18N4O2. The number of aliphatic hydroxyl groups is 1. The van der Waals surface area contributed by atoms with E-state index in [1.807, 2.05) is 36.5 Å². The van der Waals surface area contributed by atoms with Crippen LogP contribution in [0.2, 0.25) is 0 Å². The van der Waals surface area contributed by atoms with Crippen LogP contribution in [0.4, 0.5) is 10.5 Å². The van der Waals surface area contributed by atoms with Gasteiger partial charge in [0.1, 0.15) is 0 Å². The number of aliphatic hydroxyl groups excluding tert-OH is 1. The van der Waals surface area contributed by atoms with Crippen LogP contribution >= 0.6 is 0 Å². The molecule has 0 radical (unpaired) electrons. The Bertz CT molecular complexity index is 612. The number of nitrogens with zero attached hydrogens (tertiary/aromatic N) is 3. The van der Waals surface area contributed by atoms with E-state index in [0.29, 0.717) is 18.8 Å². The van der Waals surface area contributed by atoms with Crippen molar-refractivity contribution < 1.29 is 9.90 Å². The molecule has 1 saturated heterocycles. The van der Waals surface area contributed by atoms with Crippen LogP contribution in [0.3, 0.4) is 0 Å². The number of likely N-dealkylation sites (tertiary alicyclic amines) is 1. The number of piperidine rings is 1. The fraction of sp³-hybridized carbons (Fsp3) is 0.333. The molecule has 6 heteroatoms. The molecule has 1 aromatic carbocycles. The molecule has 1 aliphatic heterocycles. The summed E-state index contributed by atoms with van der Waals surface area (Å²) in [6.07, 6.45) is 4.74. The Kier molecular flexibility index (Phi) is 3.87. The van der Waals surface area contributed by atoms with E-state index < -0.39 is 6.10 Å². The second-order valence-electron chi connectivity index (χ2n) is 5.17. The van der Waals surface area contributed by atoms with Gasteiger partial charge < -0.3 is 15.3 Å². The van der Waals surface area contributed by atoms with Crippen LogP contribution in [0, 0.1) is 0 Å². The van der Waals surface area contributed by atoms with Gasteiger partial charge in [-0.05, 0) is 37.1 Å². The first-order valence-electron chi connectivity index (χ1n) is 7.06. The van der Waals surface area contributed by atoms with Gasteiger partial charge in [-0.2, -0.15) is 5.10 Å². The van der Waals surface area contributed by atoms with Gasteiger partial charge in [0, 0.05) is 31.2 Å². The number of urea groups is 1. The Morgan fingerprint density at radius 2 is 2.29 bits per heavy atom. The van der Waals surface area contributed by atoms with Crippen molar-refractivity contribution >= 4 is 11.7 Å². The van der Waals surface area contributed by atoms with Gasteiger partial charge >= 0.3 is 6.03 Å². The fourth-order valence-corrected chi connectivity index (χ4v) is 2.49. The highest BCUT2D eigenvalue weighted by Gasteiger charge is 2.21. The molecule has 2 heterocycles. The summed E-state index contributed by atoms with van der Waals surface area (Å²) in [5.41, 5.74) is 1.60. The molecule has 110 valence electrons. The van der Waals surface area contributed by atoms with Gasteiger partial charge in [0.05, 0.1) is 11.8 Å². The Morgan fingerprint density at radius 1 is 1.38 bits per heavy atom. The van der Waals surface area contributed by atoms with Crippen molar-refractivity contribution in [1.29, 1.82) is 0 Å². The van der Waals surface area contributed by atoms with E-state index in [-0.39, 0.29) is 6.03 Å². The average Bonchev–Trinajstić information content (AvgIpc) is 3.02. The quantitative estimate of drug-likeness (QED) is 0.885. The SMILES string of the molecule is O=C(Nc1cccc(-n2cccn2)c1)N1CCCC(O)C1. The van der Waals surface area contributed by atoms with Gasteiger partial charge in [-0.1, -0.05) is 6.07 Å². The number of hydrogen-bond acceptors (Lipinski definition) is 3. The summed E-state index contributed by atoms with van der Waals surface area (Å²) < 4.78 is 1.74. The second-order valence-corrected chi connectivity index (χ2v) is 5.17. The van der Waals surface area contributed by atoms with E-state index in [2.05, 4.69) is 10.4 Å². The minimum absolute atomic E-state index is 0.175. The minimum Gasteiger partial charge on any atom is -0.391 e. The predicted octanol–water partition coefficient (Wildman–Crippen LogP) is 1.86. The number of carbonyl (C=O) groups is 1. The number of rotatable bonds is 2. The largest absolute Gasteiger partial charge is 0.391 e. The first-order chi connectivity index (χ1) is 10.2. The number of benzene rings is 1. The Balaban J connectivity index is 1.70. The van der Waals surface area contributed by atoms with Crippen molar-refractivity contribution in [3.8, 4) is 5.69 Å². The van der Waals surface area contributed by atoms with Crippen LogP contribution in [-0.2, 0) is 0 Å². The highest BCUT2D eigenvalue weighted by Crippen LogP contribution is 2.16. The number of hydrogen-bond donors (Lipinski definition) is 2. The zero-order valence-corrected chi connectivity index (χ0v) is 11.6. The van der Waals surface area contributed by atoms with Gasteiger partial charge in [-0.15, -0.1) is 0 Å². The van der Waals surface area contributed by atoms with Crippen molar-refractivity contribution in [1.82, 2.24) is 14.7 Å². The molecule has 1 aliphatic rings. The Hall–Kier alpha value is -2.34. The second kappa shape index (κ2) is 5.97. The van der Waals surface area contributed by atoms with E-state index in [4.69, 9.17) is 0 Å². The molecule has 0 aliphatic carbocycles. The van der Waals surface area contributed by atoms with Crippen LogP contribution in [-0.4, -0.2) is 45.0 Å². The summed E-state index contributed by atoms with van der Waals surface area (Å²) in [5.74, 6) is 0. The van der Waals surface area contributed by atoms with Crippen LogP contribution < -0.4 is 5.32 Å². The van der Waals surface area contributed by atoms with Crippen LogP contribution in [0.25, 0.3) is 5.69 Å². The third-order valence-electron chi connectivity index (χ3n) is 3.55. The third-order valence-corrected chi connectivity index (χ3v) is 3.55. The van der Waals surface area contributed by atoms with Gasteiger partial charge in [0.15, 0.2) is 0 Å². The fourth-order valence-electron chi connectivity index (χ4n) is 2.49. The van der Waals surface area contributed by atoms with Gasteiger partial charge in [-0.3, -0.25) is 0 Å². The molecule has 1 aromatic heterocycles. The Morgan fingerprint density at radius 3 is 3.05 bits per heavy atom. The van der Waals surface area contributed by atoms with E-state index in [1.165, 1.54) is 0 Å². The molecule has 0 saturated carbocycles. The van der Waals surface area contributed by atoms with E-state index >= 15 is 0 Å². The number of amides is 2. The van der Waals surface area contributed by atoms with Crippen LogP contribution in [0.1, 0.15) is 12.8 Å². The van der Waals surface area contributed by atoms with Gasteiger partial charge in [0.2, 0.25) is 0 Å². The predicted molar refractivity (Wildman–Crippen MR) is 79.4 cm³/mol. The van der Waals surface area contributed by atoms with Crippen molar-refractivity contribution in [2.75, 3.05) is 18.4 Å². The minimum atomic E-state index is -0.417. The lowest BCUT2D eigenvalue weighted by Gasteiger charge is -2.30. The molecule has 3 rings (SSSR count). The molecule has 0 spiro atoms. The number of carbonyl (C=O) groups excluding carboxylic acids is 1. The maximum absolute atomic E-state index is 12.2. The molecule has 2 aromatic rings. The summed E-state index contributed by atoms with van der Waals surface area (Å²) in [6, 6.07) is 9.17. The molecule has 21 heavy (non-hydrogen) atoms. The van der Waals surface area contributed by atoms with Gasteiger partial charge in [-0.25, -0.2) is 9.48 Å². The first kappa shape index (κ1) is 13.6. The molecule has 0 bridgehead atoms. The summed E-state index contributed by atoms with van der Waals surface area (Å²) in [7, 11) is 0. The maximum atomic E-state index is 12.2. The van der Waals surface area contributed by atoms with Crippen LogP contribution in [0.5, 0.6) is 0 Å². The summed E-state index contributed by atoms with van der Waals surface area (Å²) in [5, 5.41) is 16.7. The lowest BCUT2D eigenvalue weighted by Crippen LogP contribution is -2.44. The molecule has 6 nitrogen and oxygen atoms in total. The summed E-state index contributed by atoms with van der Waals surface area (Å²) in [4.78, 5) is 13.8. The monoisotopic (exact) mass is 286 g/mol. The number of β-amino-alcohol motifs (C(OH)–C–C–N with tert-alkyl or cyclic N) is 1. The molecular weight excluding hydrogens is 268 g/mol. The smallest absolute Gasteiger partial charge is 0.321 e. The van der Waals surface area contributed by atoms with Gasteiger partial charge in [0.25, 0.3) is 0 Å². The van der Waals surface area contributed by atoms with Crippen molar-refractivity contribution in [3.63, 3.8) is 0 Å². The van der Waals surface area contributed by atoms with Crippen molar-refractivity contribution in [3.05, 3.63) is 42.7 Å². The lowest BCUT2D eigenvalue weighted by molar-refractivity contribution is 0.0883. The standard InChI is InChI=1S/C15H18N4O2/c20-14-6-2-8-18(11-14)15(21)17-12-4-1-5-13(10-12)19-9-3-7-16-19/h1,3-5,7,9-10,14,20H,2,6,8,11H2,(H,17,21). The summed E-state index contributed by atoms with van der Waals surface area (Å²) >= 11 is 0. The highest BCUT2D eigenvalue weighted by molar-refractivity contribution is 5.89.